The van der Waals surface area contributed by atoms with Gasteiger partial charge in [-0.1, -0.05) is 35.9 Å². The number of nitrogens with zero attached hydrogens (tertiary/aromatic N) is 2. The van der Waals surface area contributed by atoms with Crippen LogP contribution in [0.15, 0.2) is 65.7 Å². The van der Waals surface area contributed by atoms with Crippen LogP contribution in [0.1, 0.15) is 16.7 Å². The zero-order chi connectivity index (χ0) is 21.8. The summed E-state index contributed by atoms with van der Waals surface area (Å²) >= 11 is 8.04. The van der Waals surface area contributed by atoms with Gasteiger partial charge in [-0.3, -0.25) is 3.97 Å². The van der Waals surface area contributed by atoms with Crippen LogP contribution in [0.3, 0.4) is 0 Å². The highest BCUT2D eigenvalue weighted by Crippen LogP contribution is 2.32. The molecule has 0 amide bonds. The van der Waals surface area contributed by atoms with Gasteiger partial charge in [-0.25, -0.2) is 4.98 Å². The van der Waals surface area contributed by atoms with E-state index >= 15 is 0 Å². The van der Waals surface area contributed by atoms with E-state index < -0.39 is 0 Å². The number of aromatic nitrogens is 2. The number of methoxy groups -OCH3 is 2. The summed E-state index contributed by atoms with van der Waals surface area (Å²) in [5.74, 6) is 1.36. The molecule has 2 heterocycles. The molecule has 0 atom stereocenters. The molecule has 0 aliphatic carbocycles. The van der Waals surface area contributed by atoms with Crippen molar-refractivity contribution in [2.24, 2.45) is 0 Å². The van der Waals surface area contributed by atoms with E-state index in [-0.39, 0.29) is 0 Å². The molecule has 0 saturated carbocycles. The number of rotatable bonds is 8. The molecule has 0 bridgehead atoms. The molecule has 2 aromatic heterocycles. The van der Waals surface area contributed by atoms with Gasteiger partial charge < -0.3 is 14.8 Å². The van der Waals surface area contributed by atoms with E-state index in [0.717, 1.165) is 28.3 Å². The summed E-state index contributed by atoms with van der Waals surface area (Å²) in [4.78, 5) is 5.39. The molecule has 4 rings (SSSR count). The van der Waals surface area contributed by atoms with Crippen LogP contribution >= 0.6 is 23.5 Å². The van der Waals surface area contributed by atoms with E-state index in [2.05, 4.69) is 44.7 Å². The number of halogens is 1. The molecule has 0 saturated heterocycles. The summed E-state index contributed by atoms with van der Waals surface area (Å²) in [6, 6.07) is 18.5. The second-order valence-electron chi connectivity index (χ2n) is 7.11. The second kappa shape index (κ2) is 9.64. The highest BCUT2D eigenvalue weighted by atomic mass is 35.5. The molecule has 0 unspecified atom stereocenters. The smallest absolute Gasteiger partial charge is 0.214 e. The number of benzene rings is 2. The zero-order valence-electron chi connectivity index (χ0n) is 17.7. The van der Waals surface area contributed by atoms with Crippen LogP contribution in [-0.2, 0) is 13.0 Å². The third-order valence-electron chi connectivity index (χ3n) is 5.03. The molecule has 0 fully saturated rings. The van der Waals surface area contributed by atoms with Crippen LogP contribution in [0.2, 0.25) is 5.15 Å². The van der Waals surface area contributed by atoms with Crippen LogP contribution in [0.25, 0.3) is 10.9 Å². The van der Waals surface area contributed by atoms with Gasteiger partial charge in [0.05, 0.1) is 19.7 Å². The summed E-state index contributed by atoms with van der Waals surface area (Å²) in [5.41, 5.74) is 4.55. The van der Waals surface area contributed by atoms with Crippen LogP contribution in [0.4, 0.5) is 0 Å². The first-order chi connectivity index (χ1) is 15.1. The molecule has 31 heavy (non-hydrogen) atoms. The molecular weight excluding hydrogens is 430 g/mol. The molecule has 0 aliphatic rings. The Morgan fingerprint density at radius 1 is 1.03 bits per heavy atom. The largest absolute Gasteiger partial charge is 0.497 e. The Labute approximate surface area is 191 Å². The Kier molecular flexibility index (Phi) is 6.70. The topological polar surface area (TPSA) is 48.3 Å². The Morgan fingerprint density at radius 2 is 1.90 bits per heavy atom. The molecule has 1 N–H and O–H groups in total. The predicted octanol–water partition coefficient (Wildman–Crippen LogP) is 5.57. The van der Waals surface area contributed by atoms with Crippen LogP contribution in [0, 0.1) is 0 Å². The van der Waals surface area contributed by atoms with Crippen molar-refractivity contribution in [1.82, 2.24) is 14.3 Å². The van der Waals surface area contributed by atoms with E-state index in [0.29, 0.717) is 17.5 Å². The van der Waals surface area contributed by atoms with Crippen molar-refractivity contribution in [2.75, 3.05) is 21.3 Å². The number of ether oxygens (including phenoxy) is 2. The van der Waals surface area contributed by atoms with Crippen molar-refractivity contribution in [1.29, 1.82) is 0 Å². The normalized spacial score (nSPS) is 11.1. The fourth-order valence-electron chi connectivity index (χ4n) is 3.51. The summed E-state index contributed by atoms with van der Waals surface area (Å²) in [7, 11) is 5.24. The van der Waals surface area contributed by atoms with Crippen molar-refractivity contribution in [3.05, 3.63) is 82.6 Å². The lowest BCUT2D eigenvalue weighted by atomic mass is 10.0. The summed E-state index contributed by atoms with van der Waals surface area (Å²) < 4.78 is 12.7. The molecule has 0 aliphatic heterocycles. The van der Waals surface area contributed by atoms with Gasteiger partial charge in [0, 0.05) is 35.5 Å². The van der Waals surface area contributed by atoms with E-state index in [4.69, 9.17) is 21.1 Å². The summed E-state index contributed by atoms with van der Waals surface area (Å²) in [6.45, 7) is 0.801. The average molecular weight is 454 g/mol. The van der Waals surface area contributed by atoms with E-state index in [1.54, 1.807) is 26.2 Å². The minimum Gasteiger partial charge on any atom is -0.497 e. The molecule has 0 radical (unpaired) electrons. The highest BCUT2D eigenvalue weighted by molar-refractivity contribution is 7.98. The monoisotopic (exact) mass is 453 g/mol. The van der Waals surface area contributed by atoms with Crippen molar-refractivity contribution < 1.29 is 9.47 Å². The van der Waals surface area contributed by atoms with Gasteiger partial charge in [-0.2, -0.15) is 0 Å². The maximum absolute atomic E-state index is 6.37. The quantitative estimate of drug-likeness (QED) is 0.353. The van der Waals surface area contributed by atoms with Gasteiger partial charge in [0.1, 0.15) is 10.9 Å². The molecule has 5 nitrogen and oxygen atoms in total. The Balaban J connectivity index is 1.70. The lowest BCUT2D eigenvalue weighted by Crippen LogP contribution is -2.04. The molecular formula is C24H24ClN3O2S. The second-order valence-corrected chi connectivity index (χ2v) is 8.52. The van der Waals surface area contributed by atoms with Gasteiger partial charge in [0.15, 0.2) is 0 Å². The first kappa shape index (κ1) is 21.6. The summed E-state index contributed by atoms with van der Waals surface area (Å²) in [6.07, 6.45) is 2.89. The number of hydrogen-bond donors (Lipinski definition) is 1. The van der Waals surface area contributed by atoms with Gasteiger partial charge in [0.25, 0.3) is 0 Å². The van der Waals surface area contributed by atoms with Crippen molar-refractivity contribution in [3.8, 4) is 11.6 Å². The van der Waals surface area contributed by atoms with E-state index in [9.17, 15) is 0 Å². The lowest BCUT2D eigenvalue weighted by Gasteiger charge is -2.09. The fourth-order valence-corrected chi connectivity index (χ4v) is 4.69. The third kappa shape index (κ3) is 4.82. The maximum Gasteiger partial charge on any atom is 0.214 e. The Bertz CT molecular complexity index is 1210. The van der Waals surface area contributed by atoms with Crippen molar-refractivity contribution in [3.63, 3.8) is 0 Å². The first-order valence-electron chi connectivity index (χ1n) is 9.90. The van der Waals surface area contributed by atoms with E-state index in [1.807, 2.05) is 37.4 Å². The molecule has 7 heteroatoms. The molecule has 160 valence electrons. The molecule has 2 aromatic carbocycles. The number of pyridine rings is 1. The first-order valence-corrected chi connectivity index (χ1v) is 11.1. The van der Waals surface area contributed by atoms with Crippen LogP contribution in [-0.4, -0.2) is 30.2 Å². The third-order valence-corrected chi connectivity index (χ3v) is 6.33. The Hall–Kier alpha value is -2.67. The van der Waals surface area contributed by atoms with Crippen molar-refractivity contribution >= 4 is 34.5 Å². The van der Waals surface area contributed by atoms with Gasteiger partial charge in [-0.05, 0) is 60.0 Å². The minimum absolute atomic E-state index is 0.469. The SMILES string of the molecule is CNCc1cn(Sc2cccc(OC)c2)c2cc(Cc3ccc(OC)nc3Cl)ccc12. The van der Waals surface area contributed by atoms with Gasteiger partial charge in [0.2, 0.25) is 5.88 Å². The summed E-state index contributed by atoms with van der Waals surface area (Å²) in [5, 5.41) is 4.96. The average Bonchev–Trinajstić information content (AvgIpc) is 3.12. The van der Waals surface area contributed by atoms with Gasteiger partial charge >= 0.3 is 0 Å². The number of hydrogen-bond acceptors (Lipinski definition) is 5. The Morgan fingerprint density at radius 3 is 2.65 bits per heavy atom. The molecule has 4 aromatic rings. The fraction of sp³-hybridized carbons (Fsp3) is 0.208. The zero-order valence-corrected chi connectivity index (χ0v) is 19.3. The lowest BCUT2D eigenvalue weighted by molar-refractivity contribution is 0.397. The van der Waals surface area contributed by atoms with Crippen molar-refractivity contribution in [2.45, 2.75) is 17.9 Å². The van der Waals surface area contributed by atoms with Crippen LogP contribution < -0.4 is 14.8 Å². The highest BCUT2D eigenvalue weighted by Gasteiger charge is 2.12. The number of fused-ring (bicyclic) bond motifs is 1. The van der Waals surface area contributed by atoms with Crippen LogP contribution in [0.5, 0.6) is 11.6 Å². The minimum atomic E-state index is 0.469. The maximum atomic E-state index is 6.37. The van der Waals surface area contributed by atoms with Gasteiger partial charge in [-0.15, -0.1) is 0 Å². The predicted molar refractivity (Wildman–Crippen MR) is 128 cm³/mol. The standard InChI is InChI=1S/C24H24ClN3O2S/c1-26-14-18-15-28(31-20-6-4-5-19(13-20)29-2)22-12-16(7-9-21(18)22)11-17-8-10-23(30-3)27-24(17)25/h4-10,12-13,15,26H,11,14H2,1-3H3. The molecule has 0 spiro atoms. The van der Waals surface area contributed by atoms with E-state index in [1.165, 1.54) is 16.5 Å². The number of nitrogens with one attached hydrogen (secondary N) is 1.